The van der Waals surface area contributed by atoms with E-state index in [4.69, 9.17) is 13.9 Å². The summed E-state index contributed by atoms with van der Waals surface area (Å²) in [5.41, 5.74) is 0. The summed E-state index contributed by atoms with van der Waals surface area (Å²) in [7, 11) is 1.69. The monoisotopic (exact) mass is 225 g/mol. The van der Waals surface area contributed by atoms with Crippen molar-refractivity contribution in [1.82, 2.24) is 5.32 Å². The Labute approximate surface area is 95.9 Å². The zero-order chi connectivity index (χ0) is 11.2. The lowest BCUT2D eigenvalue weighted by Crippen LogP contribution is -2.33. The number of hydrogen-bond donors (Lipinski definition) is 1. The standard InChI is InChI=1S/C12H19NO3/c1-14-8-12(7-13-10-4-5-10)16-9-11-3-2-6-15-11/h2-3,6,10,12-13H,4-5,7-9H2,1H3. The molecule has 1 aromatic heterocycles. The SMILES string of the molecule is COCC(CNC1CC1)OCc1ccco1. The number of rotatable bonds is 8. The van der Waals surface area contributed by atoms with Gasteiger partial charge in [-0.2, -0.15) is 0 Å². The highest BCUT2D eigenvalue weighted by Crippen LogP contribution is 2.18. The summed E-state index contributed by atoms with van der Waals surface area (Å²) >= 11 is 0. The van der Waals surface area contributed by atoms with E-state index in [2.05, 4.69) is 5.32 Å². The molecule has 90 valence electrons. The van der Waals surface area contributed by atoms with Gasteiger partial charge in [0.05, 0.1) is 19.0 Å². The first-order valence-electron chi connectivity index (χ1n) is 5.75. The van der Waals surface area contributed by atoms with Gasteiger partial charge in [0.1, 0.15) is 12.4 Å². The summed E-state index contributed by atoms with van der Waals surface area (Å²) in [6.45, 7) is 1.97. The second-order valence-corrected chi connectivity index (χ2v) is 4.15. The molecule has 0 radical (unpaired) electrons. The number of methoxy groups -OCH3 is 1. The van der Waals surface area contributed by atoms with Crippen molar-refractivity contribution in [3.8, 4) is 0 Å². The van der Waals surface area contributed by atoms with Crippen LogP contribution in [0.15, 0.2) is 22.8 Å². The fraction of sp³-hybridized carbons (Fsp3) is 0.667. The maximum absolute atomic E-state index is 5.72. The molecule has 0 amide bonds. The maximum atomic E-state index is 5.72. The number of furan rings is 1. The van der Waals surface area contributed by atoms with E-state index in [1.165, 1.54) is 12.8 Å². The van der Waals surface area contributed by atoms with Crippen LogP contribution in [0.25, 0.3) is 0 Å². The quantitative estimate of drug-likeness (QED) is 0.729. The van der Waals surface area contributed by atoms with Crippen molar-refractivity contribution in [3.63, 3.8) is 0 Å². The molecular weight excluding hydrogens is 206 g/mol. The second-order valence-electron chi connectivity index (χ2n) is 4.15. The van der Waals surface area contributed by atoms with Crippen molar-refractivity contribution in [2.45, 2.75) is 31.6 Å². The Hall–Kier alpha value is -0.840. The third-order valence-electron chi connectivity index (χ3n) is 2.61. The molecule has 0 aromatic carbocycles. The first-order chi connectivity index (χ1) is 7.88. The molecule has 4 heteroatoms. The molecule has 0 spiro atoms. The third-order valence-corrected chi connectivity index (χ3v) is 2.61. The molecule has 0 saturated heterocycles. The molecule has 1 fully saturated rings. The van der Waals surface area contributed by atoms with Gasteiger partial charge in [-0.15, -0.1) is 0 Å². The number of nitrogens with one attached hydrogen (secondary N) is 1. The van der Waals surface area contributed by atoms with E-state index in [0.29, 0.717) is 19.3 Å². The zero-order valence-electron chi connectivity index (χ0n) is 9.65. The number of hydrogen-bond acceptors (Lipinski definition) is 4. The lowest BCUT2D eigenvalue weighted by molar-refractivity contribution is -0.0161. The van der Waals surface area contributed by atoms with E-state index in [0.717, 1.165) is 12.3 Å². The average molecular weight is 225 g/mol. The van der Waals surface area contributed by atoms with E-state index in [-0.39, 0.29) is 6.10 Å². The van der Waals surface area contributed by atoms with Crippen LogP contribution in [0.3, 0.4) is 0 Å². The van der Waals surface area contributed by atoms with E-state index < -0.39 is 0 Å². The van der Waals surface area contributed by atoms with Gasteiger partial charge in [-0.3, -0.25) is 0 Å². The van der Waals surface area contributed by atoms with Gasteiger partial charge in [-0.1, -0.05) is 0 Å². The molecule has 1 unspecified atom stereocenters. The molecule has 1 aromatic rings. The summed E-state index contributed by atoms with van der Waals surface area (Å²) in [5, 5.41) is 3.44. The van der Waals surface area contributed by atoms with Gasteiger partial charge in [-0.25, -0.2) is 0 Å². The molecule has 16 heavy (non-hydrogen) atoms. The van der Waals surface area contributed by atoms with Crippen LogP contribution in [-0.2, 0) is 16.1 Å². The van der Waals surface area contributed by atoms with Crippen LogP contribution in [0.1, 0.15) is 18.6 Å². The Morgan fingerprint density at radius 1 is 1.56 bits per heavy atom. The second kappa shape index (κ2) is 6.03. The first-order valence-corrected chi connectivity index (χ1v) is 5.75. The van der Waals surface area contributed by atoms with Gasteiger partial charge in [0, 0.05) is 19.7 Å². The minimum Gasteiger partial charge on any atom is -0.467 e. The highest BCUT2D eigenvalue weighted by molar-refractivity contribution is 4.96. The summed E-state index contributed by atoms with van der Waals surface area (Å²) in [6, 6.07) is 4.48. The predicted molar refractivity (Wildman–Crippen MR) is 60.2 cm³/mol. The molecular formula is C12H19NO3. The molecule has 1 saturated carbocycles. The molecule has 1 heterocycles. The molecule has 0 aliphatic heterocycles. The molecule has 2 rings (SSSR count). The Balaban J connectivity index is 1.68. The molecule has 1 N–H and O–H groups in total. The van der Waals surface area contributed by atoms with Crippen LogP contribution in [0.5, 0.6) is 0 Å². The number of ether oxygens (including phenoxy) is 2. The lowest BCUT2D eigenvalue weighted by atomic mass is 10.3. The Morgan fingerprint density at radius 2 is 2.44 bits per heavy atom. The maximum Gasteiger partial charge on any atom is 0.129 e. The van der Waals surface area contributed by atoms with Gasteiger partial charge in [0.15, 0.2) is 0 Å². The molecule has 1 aliphatic carbocycles. The first kappa shape index (κ1) is 11.6. The minimum atomic E-state index is 0.0932. The van der Waals surface area contributed by atoms with Gasteiger partial charge in [-0.05, 0) is 25.0 Å². The topological polar surface area (TPSA) is 43.6 Å². The summed E-state index contributed by atoms with van der Waals surface area (Å²) in [5.74, 6) is 0.854. The Bertz CT molecular complexity index is 282. The Morgan fingerprint density at radius 3 is 3.06 bits per heavy atom. The van der Waals surface area contributed by atoms with Gasteiger partial charge < -0.3 is 19.2 Å². The molecule has 1 aliphatic rings. The van der Waals surface area contributed by atoms with E-state index >= 15 is 0 Å². The van der Waals surface area contributed by atoms with Crippen molar-refractivity contribution in [2.24, 2.45) is 0 Å². The van der Waals surface area contributed by atoms with Crippen molar-refractivity contribution < 1.29 is 13.9 Å². The summed E-state index contributed by atoms with van der Waals surface area (Å²) in [4.78, 5) is 0. The predicted octanol–water partition coefficient (Wildman–Crippen LogP) is 1.56. The fourth-order valence-corrected chi connectivity index (χ4v) is 1.53. The lowest BCUT2D eigenvalue weighted by Gasteiger charge is -2.16. The molecule has 1 atom stereocenters. The summed E-state index contributed by atoms with van der Waals surface area (Å²) < 4.78 is 16.1. The van der Waals surface area contributed by atoms with Crippen molar-refractivity contribution in [2.75, 3.05) is 20.3 Å². The van der Waals surface area contributed by atoms with Crippen molar-refractivity contribution in [1.29, 1.82) is 0 Å². The van der Waals surface area contributed by atoms with E-state index in [1.54, 1.807) is 13.4 Å². The largest absolute Gasteiger partial charge is 0.467 e. The van der Waals surface area contributed by atoms with Crippen LogP contribution in [0, 0.1) is 0 Å². The van der Waals surface area contributed by atoms with Gasteiger partial charge in [0.2, 0.25) is 0 Å². The van der Waals surface area contributed by atoms with Crippen molar-refractivity contribution in [3.05, 3.63) is 24.2 Å². The normalized spacial score (nSPS) is 17.6. The van der Waals surface area contributed by atoms with Crippen LogP contribution in [0.4, 0.5) is 0 Å². The highest BCUT2D eigenvalue weighted by Gasteiger charge is 2.22. The highest BCUT2D eigenvalue weighted by atomic mass is 16.5. The van der Waals surface area contributed by atoms with Crippen LogP contribution < -0.4 is 5.32 Å². The zero-order valence-corrected chi connectivity index (χ0v) is 9.65. The molecule has 0 bridgehead atoms. The Kier molecular flexibility index (Phi) is 4.39. The minimum absolute atomic E-state index is 0.0932. The van der Waals surface area contributed by atoms with Gasteiger partial charge in [0.25, 0.3) is 0 Å². The van der Waals surface area contributed by atoms with E-state index in [1.807, 2.05) is 12.1 Å². The fourth-order valence-electron chi connectivity index (χ4n) is 1.53. The van der Waals surface area contributed by atoms with E-state index in [9.17, 15) is 0 Å². The molecule has 4 nitrogen and oxygen atoms in total. The van der Waals surface area contributed by atoms with Gasteiger partial charge >= 0.3 is 0 Å². The van der Waals surface area contributed by atoms with Crippen LogP contribution in [0.2, 0.25) is 0 Å². The summed E-state index contributed by atoms with van der Waals surface area (Å²) in [6.07, 6.45) is 4.33. The van der Waals surface area contributed by atoms with Crippen LogP contribution in [-0.4, -0.2) is 32.4 Å². The van der Waals surface area contributed by atoms with Crippen LogP contribution >= 0.6 is 0 Å². The smallest absolute Gasteiger partial charge is 0.129 e. The third kappa shape index (κ3) is 3.96. The average Bonchev–Trinajstić information content (AvgIpc) is 2.97. The van der Waals surface area contributed by atoms with Crippen molar-refractivity contribution >= 4 is 0 Å².